The fourth-order valence-electron chi connectivity index (χ4n) is 3.50. The van der Waals surface area contributed by atoms with E-state index in [1.54, 1.807) is 12.1 Å². The third-order valence-corrected chi connectivity index (χ3v) is 7.42. The predicted molar refractivity (Wildman–Crippen MR) is 131 cm³/mol. The van der Waals surface area contributed by atoms with E-state index in [-0.39, 0.29) is 21.4 Å². The molecule has 0 spiro atoms. The van der Waals surface area contributed by atoms with E-state index >= 15 is 0 Å². The lowest BCUT2D eigenvalue weighted by atomic mass is 10.0. The molecule has 5 nitrogen and oxygen atoms in total. The van der Waals surface area contributed by atoms with Crippen LogP contribution in [0.25, 0.3) is 0 Å². The van der Waals surface area contributed by atoms with Crippen molar-refractivity contribution >= 4 is 38.9 Å². The summed E-state index contributed by atoms with van der Waals surface area (Å²) in [5.41, 5.74) is 5.29. The van der Waals surface area contributed by atoms with Crippen LogP contribution in [0.5, 0.6) is 0 Å². The maximum absolute atomic E-state index is 13.1. The number of amides is 1. The first-order valence-electron chi connectivity index (χ1n) is 10.5. The van der Waals surface area contributed by atoms with Gasteiger partial charge in [0.15, 0.2) is 0 Å². The molecule has 168 valence electrons. The van der Waals surface area contributed by atoms with Gasteiger partial charge in [0.25, 0.3) is 15.9 Å². The van der Waals surface area contributed by atoms with Crippen LogP contribution < -0.4 is 10.0 Å². The van der Waals surface area contributed by atoms with Gasteiger partial charge in [0.1, 0.15) is 4.90 Å². The van der Waals surface area contributed by atoms with Crippen LogP contribution in [0.1, 0.15) is 46.5 Å². The average molecular weight is 471 g/mol. The van der Waals surface area contributed by atoms with Gasteiger partial charge in [-0.1, -0.05) is 55.8 Å². The Balaban J connectivity index is 1.95. The van der Waals surface area contributed by atoms with Crippen molar-refractivity contribution in [3.63, 3.8) is 0 Å². The van der Waals surface area contributed by atoms with Crippen molar-refractivity contribution in [1.29, 1.82) is 0 Å². The summed E-state index contributed by atoms with van der Waals surface area (Å²) in [4.78, 5) is 12.9. The number of aryl methyl sites for hydroxylation is 3. The number of halogens is 1. The molecule has 32 heavy (non-hydrogen) atoms. The lowest BCUT2D eigenvalue weighted by molar-refractivity contribution is 0.102. The molecular formula is C25H27ClN2O3S. The number of sulfonamides is 1. The van der Waals surface area contributed by atoms with E-state index in [1.807, 2.05) is 52.0 Å². The van der Waals surface area contributed by atoms with Crippen molar-refractivity contribution in [3.8, 4) is 0 Å². The number of hydrogen-bond acceptors (Lipinski definition) is 3. The van der Waals surface area contributed by atoms with E-state index in [0.29, 0.717) is 5.69 Å². The molecule has 0 unspecified atom stereocenters. The predicted octanol–water partition coefficient (Wildman–Crippen LogP) is 6.13. The molecule has 3 rings (SSSR count). The summed E-state index contributed by atoms with van der Waals surface area (Å²) in [5, 5.41) is 3.01. The summed E-state index contributed by atoms with van der Waals surface area (Å²) < 4.78 is 28.8. The topological polar surface area (TPSA) is 75.3 Å². The Labute approximate surface area is 194 Å². The van der Waals surface area contributed by atoms with Crippen LogP contribution >= 0.6 is 11.6 Å². The molecule has 0 aliphatic heterocycles. The van der Waals surface area contributed by atoms with Gasteiger partial charge in [0.05, 0.1) is 10.7 Å². The van der Waals surface area contributed by atoms with Gasteiger partial charge in [-0.2, -0.15) is 0 Å². The number of rotatable bonds is 7. The normalized spacial score (nSPS) is 11.3. The highest BCUT2D eigenvalue weighted by molar-refractivity contribution is 7.92. The lowest BCUT2D eigenvalue weighted by Gasteiger charge is -2.16. The number of carbonyl (C=O) groups is 1. The van der Waals surface area contributed by atoms with Gasteiger partial charge < -0.3 is 5.32 Å². The van der Waals surface area contributed by atoms with Gasteiger partial charge in [-0.05, 0) is 73.2 Å². The Kier molecular flexibility index (Phi) is 7.26. The number of para-hydroxylation sites is 1. The molecule has 3 aromatic carbocycles. The molecule has 0 atom stereocenters. The van der Waals surface area contributed by atoms with E-state index < -0.39 is 10.0 Å². The average Bonchev–Trinajstić information content (AvgIpc) is 2.77. The second-order valence-electron chi connectivity index (χ2n) is 7.61. The Bertz CT molecular complexity index is 1250. The zero-order valence-electron chi connectivity index (χ0n) is 18.6. The first-order valence-corrected chi connectivity index (χ1v) is 12.3. The molecule has 0 aromatic heterocycles. The molecule has 1 amide bonds. The maximum atomic E-state index is 13.1. The molecule has 0 heterocycles. The Hall–Kier alpha value is -2.83. The molecule has 2 N–H and O–H groups in total. The Morgan fingerprint density at radius 3 is 2.19 bits per heavy atom. The van der Waals surface area contributed by atoms with Crippen molar-refractivity contribution in [1.82, 2.24) is 0 Å². The number of carbonyl (C=O) groups excluding carboxylic acids is 1. The number of nitrogens with one attached hydrogen (secondary N) is 2. The van der Waals surface area contributed by atoms with Crippen LogP contribution in [0.15, 0.2) is 59.5 Å². The second-order valence-corrected chi connectivity index (χ2v) is 9.67. The third-order valence-electron chi connectivity index (χ3n) is 5.57. The summed E-state index contributed by atoms with van der Waals surface area (Å²) in [6.45, 7) is 7.80. The summed E-state index contributed by atoms with van der Waals surface area (Å²) in [7, 11) is -4.00. The fraction of sp³-hybridized carbons (Fsp3) is 0.240. The van der Waals surface area contributed by atoms with Crippen LogP contribution in [-0.2, 0) is 22.9 Å². The minimum atomic E-state index is -4.00. The molecule has 0 bridgehead atoms. The third kappa shape index (κ3) is 4.97. The quantitative estimate of drug-likeness (QED) is 0.435. The SMILES string of the molecule is CCc1cccc(CC)c1NC(=O)c1ccc(Cl)c(S(=O)(=O)Nc2cccc(C)c2C)c1. The zero-order chi connectivity index (χ0) is 23.5. The van der Waals surface area contributed by atoms with E-state index in [9.17, 15) is 13.2 Å². The first-order chi connectivity index (χ1) is 15.2. The lowest BCUT2D eigenvalue weighted by Crippen LogP contribution is -2.18. The first kappa shape index (κ1) is 23.8. The van der Waals surface area contributed by atoms with Gasteiger partial charge in [0.2, 0.25) is 0 Å². The van der Waals surface area contributed by atoms with Crippen LogP contribution in [0.2, 0.25) is 5.02 Å². The van der Waals surface area contributed by atoms with Crippen LogP contribution in [0.4, 0.5) is 11.4 Å². The summed E-state index contributed by atoms with van der Waals surface area (Å²) in [5.74, 6) is -0.388. The van der Waals surface area contributed by atoms with E-state index in [4.69, 9.17) is 11.6 Å². The molecule has 0 fully saturated rings. The monoisotopic (exact) mass is 470 g/mol. The highest BCUT2D eigenvalue weighted by Crippen LogP contribution is 2.28. The fourth-order valence-corrected chi connectivity index (χ4v) is 5.15. The van der Waals surface area contributed by atoms with Crippen molar-refractivity contribution in [2.45, 2.75) is 45.4 Å². The van der Waals surface area contributed by atoms with E-state index in [1.165, 1.54) is 18.2 Å². The number of benzene rings is 3. The molecular weight excluding hydrogens is 444 g/mol. The van der Waals surface area contributed by atoms with Crippen molar-refractivity contribution in [2.75, 3.05) is 10.0 Å². The van der Waals surface area contributed by atoms with Crippen LogP contribution in [-0.4, -0.2) is 14.3 Å². The Morgan fingerprint density at radius 1 is 0.938 bits per heavy atom. The number of anilines is 2. The maximum Gasteiger partial charge on any atom is 0.263 e. The summed E-state index contributed by atoms with van der Waals surface area (Å²) in [6, 6.07) is 15.6. The van der Waals surface area contributed by atoms with Gasteiger partial charge in [-0.3, -0.25) is 9.52 Å². The van der Waals surface area contributed by atoms with E-state index in [2.05, 4.69) is 10.0 Å². The summed E-state index contributed by atoms with van der Waals surface area (Å²) >= 11 is 6.23. The van der Waals surface area contributed by atoms with Crippen molar-refractivity contribution in [2.24, 2.45) is 0 Å². The highest BCUT2D eigenvalue weighted by Gasteiger charge is 2.22. The van der Waals surface area contributed by atoms with Crippen LogP contribution in [0, 0.1) is 13.8 Å². The van der Waals surface area contributed by atoms with Crippen molar-refractivity contribution in [3.05, 3.63) is 87.4 Å². The molecule has 0 radical (unpaired) electrons. The largest absolute Gasteiger partial charge is 0.321 e. The van der Waals surface area contributed by atoms with Gasteiger partial charge in [-0.25, -0.2) is 8.42 Å². The van der Waals surface area contributed by atoms with Gasteiger partial charge >= 0.3 is 0 Å². The minimum Gasteiger partial charge on any atom is -0.321 e. The summed E-state index contributed by atoms with van der Waals surface area (Å²) in [6.07, 6.45) is 1.53. The van der Waals surface area contributed by atoms with Crippen molar-refractivity contribution < 1.29 is 13.2 Å². The number of hydrogen-bond donors (Lipinski definition) is 2. The van der Waals surface area contributed by atoms with Gasteiger partial charge in [0, 0.05) is 11.3 Å². The zero-order valence-corrected chi connectivity index (χ0v) is 20.2. The molecule has 7 heteroatoms. The Morgan fingerprint density at radius 2 is 1.56 bits per heavy atom. The van der Waals surface area contributed by atoms with Crippen LogP contribution in [0.3, 0.4) is 0 Å². The standard InChI is InChI=1S/C25H27ClN2O3S/c1-5-18-10-8-11-19(6-2)24(18)27-25(29)20-13-14-21(26)23(15-20)32(30,31)28-22-12-7-9-16(3)17(22)4/h7-15,28H,5-6H2,1-4H3,(H,27,29). The highest BCUT2D eigenvalue weighted by atomic mass is 35.5. The smallest absolute Gasteiger partial charge is 0.263 e. The molecule has 0 saturated heterocycles. The minimum absolute atomic E-state index is 0.0440. The molecule has 0 saturated carbocycles. The van der Waals surface area contributed by atoms with Gasteiger partial charge in [-0.15, -0.1) is 0 Å². The second kappa shape index (κ2) is 9.76. The molecule has 0 aliphatic rings. The molecule has 0 aliphatic carbocycles. The molecule has 3 aromatic rings. The van der Waals surface area contributed by atoms with E-state index in [0.717, 1.165) is 40.8 Å².